The second-order valence-corrected chi connectivity index (χ2v) is 6.49. The van der Waals surface area contributed by atoms with Crippen molar-refractivity contribution >= 4 is 34.1 Å². The number of aliphatic hydroxyl groups excluding tert-OH is 1. The molecular weight excluding hydrogens is 314 g/mol. The van der Waals surface area contributed by atoms with E-state index in [1.165, 1.54) is 0 Å². The lowest BCUT2D eigenvalue weighted by atomic mass is 9.84. The lowest BCUT2D eigenvalue weighted by Gasteiger charge is -2.17. The van der Waals surface area contributed by atoms with Gasteiger partial charge in [-0.3, -0.25) is 9.59 Å². The molecule has 4 heteroatoms. The highest BCUT2D eigenvalue weighted by molar-refractivity contribution is 6.52. The first-order valence-corrected chi connectivity index (χ1v) is 8.73. The highest BCUT2D eigenvalue weighted by atomic mass is 16.3. The van der Waals surface area contributed by atoms with E-state index in [9.17, 15) is 9.59 Å². The SMILES string of the molecule is CCC=Cc1c(C)ccc2[nH]c3c(c12)C(C)=C(CCCO)C(=O)C3=O. The highest BCUT2D eigenvalue weighted by Crippen LogP contribution is 2.39. The molecule has 4 nitrogen and oxygen atoms in total. The van der Waals surface area contributed by atoms with Gasteiger partial charge in [0.05, 0.1) is 5.69 Å². The lowest BCUT2D eigenvalue weighted by Crippen LogP contribution is -2.23. The minimum atomic E-state index is -0.479. The second-order valence-electron chi connectivity index (χ2n) is 6.49. The monoisotopic (exact) mass is 337 g/mol. The van der Waals surface area contributed by atoms with Gasteiger partial charge in [0.25, 0.3) is 0 Å². The topological polar surface area (TPSA) is 70.2 Å². The predicted octanol–water partition coefficient (Wildman–Crippen LogP) is 4.21. The maximum absolute atomic E-state index is 12.6. The van der Waals surface area contributed by atoms with Crippen LogP contribution in [0.5, 0.6) is 0 Å². The summed E-state index contributed by atoms with van der Waals surface area (Å²) in [5, 5.41) is 10.1. The Labute approximate surface area is 147 Å². The standard InChI is InChI=1S/C21H23NO3/c1-4-5-7-14-12(2)9-10-16-18(14)17-13(3)15(8-6-11-23)20(24)21(25)19(17)22-16/h5,7,9-10,22-23H,4,6,8,11H2,1-3H3. The second kappa shape index (κ2) is 6.81. The number of aryl methyl sites for hydroxylation is 1. The van der Waals surface area contributed by atoms with Crippen molar-refractivity contribution in [1.29, 1.82) is 0 Å². The fourth-order valence-electron chi connectivity index (χ4n) is 3.54. The van der Waals surface area contributed by atoms with Gasteiger partial charge < -0.3 is 10.1 Å². The number of ketones is 2. The van der Waals surface area contributed by atoms with Gasteiger partial charge in [-0.1, -0.05) is 25.1 Å². The van der Waals surface area contributed by atoms with Crippen molar-refractivity contribution in [3.05, 3.63) is 46.2 Å². The van der Waals surface area contributed by atoms with Crippen molar-refractivity contribution in [2.75, 3.05) is 6.61 Å². The van der Waals surface area contributed by atoms with E-state index in [1.807, 2.05) is 19.1 Å². The first-order valence-electron chi connectivity index (χ1n) is 8.73. The number of hydrogen-bond acceptors (Lipinski definition) is 3. The number of Topliss-reactive ketones (excluding diaryl/α,β-unsaturated/α-hetero) is 2. The predicted molar refractivity (Wildman–Crippen MR) is 101 cm³/mol. The van der Waals surface area contributed by atoms with E-state index in [1.54, 1.807) is 0 Å². The molecule has 0 saturated heterocycles. The number of H-pyrrole nitrogens is 1. The molecule has 0 amide bonds. The van der Waals surface area contributed by atoms with Crippen LogP contribution in [0.2, 0.25) is 0 Å². The van der Waals surface area contributed by atoms with E-state index in [0.29, 0.717) is 24.1 Å². The van der Waals surface area contributed by atoms with Crippen molar-refractivity contribution in [3.8, 4) is 0 Å². The zero-order valence-corrected chi connectivity index (χ0v) is 14.9. The number of carbonyl (C=O) groups excluding carboxylic acids is 2. The van der Waals surface area contributed by atoms with Crippen LogP contribution in [-0.4, -0.2) is 28.3 Å². The summed E-state index contributed by atoms with van der Waals surface area (Å²) in [5.41, 5.74) is 5.69. The quantitative estimate of drug-likeness (QED) is 0.803. The number of aromatic nitrogens is 1. The lowest BCUT2D eigenvalue weighted by molar-refractivity contribution is -0.112. The first-order chi connectivity index (χ1) is 12.0. The number of benzene rings is 1. The fourth-order valence-corrected chi connectivity index (χ4v) is 3.54. The molecular formula is C21H23NO3. The van der Waals surface area contributed by atoms with Crippen LogP contribution in [0.1, 0.15) is 60.3 Å². The Kier molecular flexibility index (Phi) is 4.73. The van der Waals surface area contributed by atoms with Crippen molar-refractivity contribution in [2.45, 2.75) is 40.0 Å². The van der Waals surface area contributed by atoms with Gasteiger partial charge in [-0.15, -0.1) is 0 Å². The molecule has 1 aromatic heterocycles. The Hall–Kier alpha value is -2.46. The molecule has 0 atom stereocenters. The molecule has 0 bridgehead atoms. The van der Waals surface area contributed by atoms with Crippen LogP contribution in [0.3, 0.4) is 0 Å². The summed E-state index contributed by atoms with van der Waals surface area (Å²) in [6.07, 6.45) is 6.02. The summed E-state index contributed by atoms with van der Waals surface area (Å²) in [5.74, 6) is -0.930. The van der Waals surface area contributed by atoms with Gasteiger partial charge in [0.2, 0.25) is 11.6 Å². The van der Waals surface area contributed by atoms with Gasteiger partial charge in [-0.25, -0.2) is 0 Å². The van der Waals surface area contributed by atoms with E-state index < -0.39 is 11.6 Å². The number of rotatable bonds is 5. The Morgan fingerprint density at radius 2 is 1.92 bits per heavy atom. The van der Waals surface area contributed by atoms with Crippen molar-refractivity contribution < 1.29 is 14.7 Å². The number of allylic oxidation sites excluding steroid dienone is 3. The van der Waals surface area contributed by atoms with Gasteiger partial charge in [0.15, 0.2) is 0 Å². The molecule has 2 aromatic rings. The van der Waals surface area contributed by atoms with Crippen LogP contribution in [0.25, 0.3) is 22.6 Å². The molecule has 0 fully saturated rings. The van der Waals surface area contributed by atoms with Crippen LogP contribution < -0.4 is 0 Å². The minimum absolute atomic E-state index is 0.00257. The molecule has 130 valence electrons. The van der Waals surface area contributed by atoms with Crippen molar-refractivity contribution in [3.63, 3.8) is 0 Å². The molecule has 1 aliphatic carbocycles. The van der Waals surface area contributed by atoms with E-state index in [2.05, 4.69) is 31.0 Å². The first kappa shape index (κ1) is 17.4. The van der Waals surface area contributed by atoms with E-state index >= 15 is 0 Å². The molecule has 25 heavy (non-hydrogen) atoms. The maximum atomic E-state index is 12.6. The zero-order chi connectivity index (χ0) is 18.1. The Bertz CT molecular complexity index is 928. The maximum Gasteiger partial charge on any atom is 0.249 e. The number of aromatic amines is 1. The summed E-state index contributed by atoms with van der Waals surface area (Å²) in [4.78, 5) is 28.3. The fraction of sp³-hybridized carbons (Fsp3) is 0.333. The van der Waals surface area contributed by atoms with Gasteiger partial charge >= 0.3 is 0 Å². The minimum Gasteiger partial charge on any atom is -0.396 e. The van der Waals surface area contributed by atoms with Crippen LogP contribution in [0, 0.1) is 6.92 Å². The normalized spacial score (nSPS) is 14.9. The van der Waals surface area contributed by atoms with Crippen molar-refractivity contribution in [2.24, 2.45) is 0 Å². The van der Waals surface area contributed by atoms with Crippen LogP contribution in [0.4, 0.5) is 0 Å². The van der Waals surface area contributed by atoms with Crippen molar-refractivity contribution in [1.82, 2.24) is 4.98 Å². The van der Waals surface area contributed by atoms with Gasteiger partial charge in [0, 0.05) is 28.6 Å². The molecule has 1 aliphatic rings. The average Bonchev–Trinajstić information content (AvgIpc) is 2.99. The number of nitrogens with one attached hydrogen (secondary N) is 1. The van der Waals surface area contributed by atoms with Crippen LogP contribution in [-0.2, 0) is 4.79 Å². The smallest absolute Gasteiger partial charge is 0.249 e. The molecule has 1 heterocycles. The van der Waals surface area contributed by atoms with Gasteiger partial charge in [-0.05, 0) is 55.9 Å². The van der Waals surface area contributed by atoms with Crippen LogP contribution >= 0.6 is 0 Å². The third-order valence-corrected chi connectivity index (χ3v) is 4.86. The summed E-state index contributed by atoms with van der Waals surface area (Å²) >= 11 is 0. The third kappa shape index (κ3) is 2.76. The van der Waals surface area contributed by atoms with E-state index in [-0.39, 0.29) is 6.61 Å². The number of fused-ring (bicyclic) bond motifs is 3. The zero-order valence-electron chi connectivity index (χ0n) is 14.9. The molecule has 1 aromatic carbocycles. The van der Waals surface area contributed by atoms with Gasteiger partial charge in [-0.2, -0.15) is 0 Å². The third-order valence-electron chi connectivity index (χ3n) is 4.86. The van der Waals surface area contributed by atoms with E-state index in [0.717, 1.165) is 39.6 Å². The average molecular weight is 337 g/mol. The largest absolute Gasteiger partial charge is 0.396 e. The highest BCUT2D eigenvalue weighted by Gasteiger charge is 2.34. The molecule has 3 rings (SSSR count). The summed E-state index contributed by atoms with van der Waals surface area (Å²) in [6, 6.07) is 3.99. The Morgan fingerprint density at radius 1 is 1.16 bits per heavy atom. The number of hydrogen-bond donors (Lipinski definition) is 2. The summed E-state index contributed by atoms with van der Waals surface area (Å²) in [6.45, 7) is 6.04. The summed E-state index contributed by atoms with van der Waals surface area (Å²) in [7, 11) is 0. The van der Waals surface area contributed by atoms with Crippen LogP contribution in [0.15, 0.2) is 23.8 Å². The molecule has 0 saturated carbocycles. The van der Waals surface area contributed by atoms with E-state index in [4.69, 9.17) is 5.11 Å². The molecule has 0 radical (unpaired) electrons. The van der Waals surface area contributed by atoms with Gasteiger partial charge in [0.1, 0.15) is 0 Å². The molecule has 0 spiro atoms. The number of aliphatic hydroxyl groups is 1. The molecule has 0 unspecified atom stereocenters. The number of carbonyl (C=O) groups is 2. The Balaban J connectivity index is 2.34. The Morgan fingerprint density at radius 3 is 2.60 bits per heavy atom. The molecule has 0 aliphatic heterocycles. The summed E-state index contributed by atoms with van der Waals surface area (Å²) < 4.78 is 0. The molecule has 2 N–H and O–H groups in total.